The Labute approximate surface area is 204 Å². The van der Waals surface area contributed by atoms with E-state index in [-0.39, 0.29) is 11.6 Å². The van der Waals surface area contributed by atoms with Crippen molar-refractivity contribution in [2.24, 2.45) is 0 Å². The first kappa shape index (κ1) is 22.0. The summed E-state index contributed by atoms with van der Waals surface area (Å²) in [6, 6.07) is 13.3. The minimum atomic E-state index is -0.375. The maximum Gasteiger partial charge on any atom is 0.178 e. The predicted octanol–water partition coefficient (Wildman–Crippen LogP) is 5.62. The maximum atomic E-state index is 15.1. The lowest BCUT2D eigenvalue weighted by Gasteiger charge is -2.07. The molecule has 0 unspecified atom stereocenters. The summed E-state index contributed by atoms with van der Waals surface area (Å²) in [6.45, 7) is 3.51. The molecule has 9 heteroatoms. The van der Waals surface area contributed by atoms with E-state index in [1.165, 1.54) is 18.2 Å². The minimum absolute atomic E-state index is 0.325. The van der Waals surface area contributed by atoms with Gasteiger partial charge in [0, 0.05) is 53.3 Å². The van der Waals surface area contributed by atoms with Gasteiger partial charge in [-0.2, -0.15) is 5.10 Å². The number of nitrogens with zero attached hydrogens (tertiary/aromatic N) is 4. The molecular formula is C27H21F2N7. The zero-order valence-corrected chi connectivity index (χ0v) is 19.3. The second-order valence-electron chi connectivity index (χ2n) is 8.46. The second-order valence-corrected chi connectivity index (χ2v) is 8.46. The van der Waals surface area contributed by atoms with E-state index in [1.54, 1.807) is 30.7 Å². The van der Waals surface area contributed by atoms with E-state index < -0.39 is 0 Å². The van der Waals surface area contributed by atoms with Crippen LogP contribution in [0.25, 0.3) is 55.8 Å². The van der Waals surface area contributed by atoms with Crippen LogP contribution in [0.4, 0.5) is 8.78 Å². The van der Waals surface area contributed by atoms with E-state index >= 15 is 4.39 Å². The molecule has 0 bridgehead atoms. The summed E-state index contributed by atoms with van der Waals surface area (Å²) in [6.07, 6.45) is 5.05. The predicted molar refractivity (Wildman–Crippen MR) is 135 cm³/mol. The van der Waals surface area contributed by atoms with Crippen molar-refractivity contribution < 1.29 is 8.78 Å². The molecule has 0 fully saturated rings. The number of aromatic amines is 2. The van der Waals surface area contributed by atoms with Crippen molar-refractivity contribution in [2.45, 2.75) is 13.5 Å². The standard InChI is InChI=1S/C27H21F2N7/c1-2-30-12-15-8-17(14-31-13-15)20-10-21-23(11-22(20)29)35-36-25(21)27-33-24-19(6-7-32-26(24)34-27)16-4-3-5-18(28)9-16/h3-11,13-14,30H,2,12H2,1H3,(H,35,36)(H,32,33,34). The van der Waals surface area contributed by atoms with E-state index in [2.05, 4.69) is 35.5 Å². The lowest BCUT2D eigenvalue weighted by atomic mass is 10.0. The Morgan fingerprint density at radius 3 is 2.75 bits per heavy atom. The molecule has 6 rings (SSSR count). The van der Waals surface area contributed by atoms with E-state index in [0.717, 1.165) is 17.7 Å². The SMILES string of the molecule is CCNCc1cncc(-c2cc3c(-c4nc5nccc(-c6cccc(F)c6)c5[nH]4)n[nH]c3cc2F)c1. The maximum absolute atomic E-state index is 15.1. The number of hydrogen-bond acceptors (Lipinski definition) is 5. The fourth-order valence-corrected chi connectivity index (χ4v) is 4.36. The topological polar surface area (TPSA) is 95.2 Å². The van der Waals surface area contributed by atoms with Gasteiger partial charge in [0.2, 0.25) is 0 Å². The average Bonchev–Trinajstić information content (AvgIpc) is 3.50. The molecule has 4 heterocycles. The highest BCUT2D eigenvalue weighted by Crippen LogP contribution is 2.34. The fourth-order valence-electron chi connectivity index (χ4n) is 4.36. The molecule has 3 N–H and O–H groups in total. The molecule has 6 aromatic rings. The Kier molecular flexibility index (Phi) is 5.46. The van der Waals surface area contributed by atoms with Crippen LogP contribution >= 0.6 is 0 Å². The number of halogens is 2. The van der Waals surface area contributed by atoms with Gasteiger partial charge >= 0.3 is 0 Å². The number of imidazole rings is 1. The van der Waals surface area contributed by atoms with Crippen LogP contribution in [-0.4, -0.2) is 36.7 Å². The molecule has 4 aromatic heterocycles. The lowest BCUT2D eigenvalue weighted by Crippen LogP contribution is -2.11. The van der Waals surface area contributed by atoms with Crippen molar-refractivity contribution >= 4 is 22.1 Å². The normalized spacial score (nSPS) is 11.5. The molecule has 0 atom stereocenters. The summed E-state index contributed by atoms with van der Waals surface area (Å²) in [7, 11) is 0. The Morgan fingerprint density at radius 1 is 0.972 bits per heavy atom. The summed E-state index contributed by atoms with van der Waals surface area (Å²) in [4.78, 5) is 16.6. The van der Waals surface area contributed by atoms with Crippen LogP contribution in [0.1, 0.15) is 12.5 Å². The van der Waals surface area contributed by atoms with Crippen molar-refractivity contribution in [1.82, 2.24) is 35.5 Å². The number of pyridine rings is 2. The molecular weight excluding hydrogens is 460 g/mol. The Balaban J connectivity index is 1.46. The third-order valence-corrected chi connectivity index (χ3v) is 6.09. The van der Waals surface area contributed by atoms with Crippen molar-refractivity contribution in [3.05, 3.63) is 84.3 Å². The molecule has 0 saturated heterocycles. The van der Waals surface area contributed by atoms with Crippen LogP contribution in [0.5, 0.6) is 0 Å². The van der Waals surface area contributed by atoms with E-state index in [0.29, 0.717) is 56.8 Å². The molecule has 2 aromatic carbocycles. The highest BCUT2D eigenvalue weighted by atomic mass is 19.1. The number of fused-ring (bicyclic) bond motifs is 2. The first-order chi connectivity index (χ1) is 17.6. The van der Waals surface area contributed by atoms with Crippen molar-refractivity contribution in [2.75, 3.05) is 6.54 Å². The first-order valence-corrected chi connectivity index (χ1v) is 11.5. The molecule has 36 heavy (non-hydrogen) atoms. The number of hydrogen-bond donors (Lipinski definition) is 3. The van der Waals surface area contributed by atoms with E-state index in [9.17, 15) is 4.39 Å². The van der Waals surface area contributed by atoms with Gasteiger partial charge < -0.3 is 10.3 Å². The highest BCUT2D eigenvalue weighted by Gasteiger charge is 2.18. The first-order valence-electron chi connectivity index (χ1n) is 11.5. The largest absolute Gasteiger partial charge is 0.335 e. The number of aromatic nitrogens is 6. The van der Waals surface area contributed by atoms with Gasteiger partial charge in [0.25, 0.3) is 0 Å². The number of nitrogens with one attached hydrogen (secondary N) is 3. The summed E-state index contributed by atoms with van der Waals surface area (Å²) >= 11 is 0. The second kappa shape index (κ2) is 8.94. The van der Waals surface area contributed by atoms with Gasteiger partial charge in [-0.3, -0.25) is 10.1 Å². The van der Waals surface area contributed by atoms with Crippen LogP contribution in [0, 0.1) is 11.6 Å². The van der Waals surface area contributed by atoms with Gasteiger partial charge in [0.15, 0.2) is 11.5 Å². The Morgan fingerprint density at radius 2 is 1.89 bits per heavy atom. The van der Waals surface area contributed by atoms with Crippen LogP contribution in [0.15, 0.2) is 67.1 Å². The number of benzene rings is 2. The van der Waals surface area contributed by atoms with Crippen molar-refractivity contribution in [1.29, 1.82) is 0 Å². The van der Waals surface area contributed by atoms with Crippen LogP contribution < -0.4 is 5.32 Å². The third-order valence-electron chi connectivity index (χ3n) is 6.09. The van der Waals surface area contributed by atoms with Crippen molar-refractivity contribution in [3.8, 4) is 33.8 Å². The molecule has 0 radical (unpaired) electrons. The molecule has 178 valence electrons. The Bertz CT molecular complexity index is 1720. The molecule has 7 nitrogen and oxygen atoms in total. The van der Waals surface area contributed by atoms with E-state index in [4.69, 9.17) is 0 Å². The van der Waals surface area contributed by atoms with Crippen LogP contribution in [0.2, 0.25) is 0 Å². The smallest absolute Gasteiger partial charge is 0.178 e. The third kappa shape index (κ3) is 3.89. The molecule has 0 spiro atoms. The average molecular weight is 482 g/mol. The summed E-state index contributed by atoms with van der Waals surface area (Å²) in [5, 5.41) is 11.3. The monoisotopic (exact) mass is 481 g/mol. The zero-order chi connectivity index (χ0) is 24.6. The van der Waals surface area contributed by atoms with Gasteiger partial charge in [-0.05, 0) is 48.0 Å². The number of rotatable bonds is 6. The van der Waals surface area contributed by atoms with Gasteiger partial charge in [-0.25, -0.2) is 18.7 Å². The van der Waals surface area contributed by atoms with Crippen molar-refractivity contribution in [3.63, 3.8) is 0 Å². The minimum Gasteiger partial charge on any atom is -0.335 e. The van der Waals surface area contributed by atoms with Crippen LogP contribution in [-0.2, 0) is 6.54 Å². The molecule has 0 saturated carbocycles. The van der Waals surface area contributed by atoms with Crippen LogP contribution in [0.3, 0.4) is 0 Å². The summed E-state index contributed by atoms with van der Waals surface area (Å²) in [5.41, 5.74) is 5.76. The van der Waals surface area contributed by atoms with Gasteiger partial charge in [0.05, 0.1) is 11.0 Å². The zero-order valence-electron chi connectivity index (χ0n) is 19.3. The molecule has 0 aliphatic carbocycles. The summed E-state index contributed by atoms with van der Waals surface area (Å²) < 4.78 is 28.9. The lowest BCUT2D eigenvalue weighted by molar-refractivity contribution is 0.628. The molecule has 0 aliphatic rings. The van der Waals surface area contributed by atoms with Gasteiger partial charge in [-0.1, -0.05) is 19.1 Å². The number of H-pyrrole nitrogens is 2. The van der Waals surface area contributed by atoms with Gasteiger partial charge in [0.1, 0.15) is 17.3 Å². The van der Waals surface area contributed by atoms with Gasteiger partial charge in [-0.15, -0.1) is 0 Å². The summed E-state index contributed by atoms with van der Waals surface area (Å²) in [5.74, 6) is -0.224. The molecule has 0 amide bonds. The van der Waals surface area contributed by atoms with E-state index in [1.807, 2.05) is 25.1 Å². The highest BCUT2D eigenvalue weighted by molar-refractivity contribution is 5.97. The quantitative estimate of drug-likeness (QED) is 0.287. The fraction of sp³-hybridized carbons (Fsp3) is 0.111. The Hall–Kier alpha value is -4.50. The molecule has 0 aliphatic heterocycles.